The largest absolute Gasteiger partial charge is 0.378 e. The maximum absolute atomic E-state index is 4.57. The molecule has 2 aliphatic heterocycles. The molecule has 108 valence electrons. The predicted octanol–water partition coefficient (Wildman–Crippen LogP) is 2.09. The SMILES string of the molecule is CCN1CCC2=NNC(c3ccc(N(C)C)cc3)C2C1. The third-order valence-corrected chi connectivity index (χ3v) is 4.53. The second-order valence-electron chi connectivity index (χ2n) is 5.95. The van der Waals surface area contributed by atoms with Gasteiger partial charge in [0.15, 0.2) is 0 Å². The van der Waals surface area contributed by atoms with Crippen LogP contribution in [0.25, 0.3) is 0 Å². The molecule has 0 radical (unpaired) electrons. The maximum atomic E-state index is 4.57. The van der Waals surface area contributed by atoms with E-state index >= 15 is 0 Å². The molecule has 0 saturated carbocycles. The molecular weight excluding hydrogens is 248 g/mol. The minimum absolute atomic E-state index is 0.343. The molecule has 1 saturated heterocycles. The molecule has 4 nitrogen and oxygen atoms in total. The maximum Gasteiger partial charge on any atom is 0.0782 e. The molecule has 2 unspecified atom stereocenters. The number of benzene rings is 1. The van der Waals surface area contributed by atoms with E-state index < -0.39 is 0 Å². The van der Waals surface area contributed by atoms with Crippen molar-refractivity contribution in [1.29, 1.82) is 0 Å². The van der Waals surface area contributed by atoms with Crippen LogP contribution in [0, 0.1) is 5.92 Å². The Labute approximate surface area is 121 Å². The molecule has 2 heterocycles. The van der Waals surface area contributed by atoms with Crippen LogP contribution in [0.5, 0.6) is 0 Å². The lowest BCUT2D eigenvalue weighted by molar-refractivity contribution is 0.238. The lowest BCUT2D eigenvalue weighted by atomic mass is 9.86. The average Bonchev–Trinajstić information content (AvgIpc) is 2.90. The number of anilines is 1. The zero-order chi connectivity index (χ0) is 14.1. The number of rotatable bonds is 3. The Balaban J connectivity index is 1.77. The number of hydrogen-bond acceptors (Lipinski definition) is 4. The van der Waals surface area contributed by atoms with E-state index in [1.54, 1.807) is 0 Å². The van der Waals surface area contributed by atoms with Gasteiger partial charge in [-0.2, -0.15) is 5.10 Å². The van der Waals surface area contributed by atoms with Crippen LogP contribution < -0.4 is 10.3 Å². The summed E-state index contributed by atoms with van der Waals surface area (Å²) < 4.78 is 0. The molecule has 0 spiro atoms. The molecule has 0 amide bonds. The lowest BCUT2D eigenvalue weighted by Gasteiger charge is -2.32. The van der Waals surface area contributed by atoms with Crippen molar-refractivity contribution in [3.05, 3.63) is 29.8 Å². The molecule has 2 aliphatic rings. The highest BCUT2D eigenvalue weighted by atomic mass is 15.4. The molecule has 3 rings (SSSR count). The van der Waals surface area contributed by atoms with Gasteiger partial charge in [-0.25, -0.2) is 0 Å². The van der Waals surface area contributed by atoms with Crippen LogP contribution in [0.4, 0.5) is 5.69 Å². The Morgan fingerprint density at radius 1 is 1.30 bits per heavy atom. The second-order valence-corrected chi connectivity index (χ2v) is 5.95. The summed E-state index contributed by atoms with van der Waals surface area (Å²) in [5, 5.41) is 4.57. The monoisotopic (exact) mass is 272 g/mol. The van der Waals surface area contributed by atoms with Crippen LogP contribution in [-0.2, 0) is 0 Å². The third-order valence-electron chi connectivity index (χ3n) is 4.53. The van der Waals surface area contributed by atoms with Gasteiger partial charge in [-0.15, -0.1) is 0 Å². The Bertz CT molecular complexity index is 492. The van der Waals surface area contributed by atoms with E-state index in [1.807, 2.05) is 0 Å². The van der Waals surface area contributed by atoms with E-state index in [2.05, 4.69) is 65.6 Å². The van der Waals surface area contributed by atoms with E-state index in [9.17, 15) is 0 Å². The summed E-state index contributed by atoms with van der Waals surface area (Å²) in [5.74, 6) is 0.536. The molecule has 20 heavy (non-hydrogen) atoms. The average molecular weight is 272 g/mol. The fourth-order valence-corrected chi connectivity index (χ4v) is 3.19. The lowest BCUT2D eigenvalue weighted by Crippen LogP contribution is -2.41. The molecular formula is C16H24N4. The Kier molecular flexibility index (Phi) is 3.66. The smallest absolute Gasteiger partial charge is 0.0782 e. The van der Waals surface area contributed by atoms with Gasteiger partial charge >= 0.3 is 0 Å². The molecule has 1 aromatic carbocycles. The van der Waals surface area contributed by atoms with Gasteiger partial charge in [0, 0.05) is 50.9 Å². The molecule has 0 bridgehead atoms. The highest BCUT2D eigenvalue weighted by molar-refractivity contribution is 5.89. The summed E-state index contributed by atoms with van der Waals surface area (Å²) in [7, 11) is 4.15. The van der Waals surface area contributed by atoms with Crippen LogP contribution in [0.3, 0.4) is 0 Å². The summed E-state index contributed by atoms with van der Waals surface area (Å²) in [6, 6.07) is 9.19. The van der Waals surface area contributed by atoms with Crippen LogP contribution in [0.15, 0.2) is 29.4 Å². The second kappa shape index (κ2) is 5.44. The third kappa shape index (κ3) is 2.40. The van der Waals surface area contributed by atoms with Gasteiger partial charge in [0.1, 0.15) is 0 Å². The molecule has 0 aliphatic carbocycles. The van der Waals surface area contributed by atoms with Crippen LogP contribution in [0.2, 0.25) is 0 Å². The van der Waals surface area contributed by atoms with Gasteiger partial charge in [-0.3, -0.25) is 0 Å². The Hall–Kier alpha value is -1.55. The molecule has 4 heteroatoms. The van der Waals surface area contributed by atoms with Crippen molar-refractivity contribution in [2.24, 2.45) is 11.0 Å². The minimum Gasteiger partial charge on any atom is -0.378 e. The van der Waals surface area contributed by atoms with Crippen LogP contribution in [-0.4, -0.2) is 44.3 Å². The fourth-order valence-electron chi connectivity index (χ4n) is 3.19. The first-order chi connectivity index (χ1) is 9.69. The topological polar surface area (TPSA) is 30.9 Å². The minimum atomic E-state index is 0.343. The van der Waals surface area contributed by atoms with E-state index in [0.717, 1.165) is 26.1 Å². The van der Waals surface area contributed by atoms with Crippen molar-refractivity contribution in [3.63, 3.8) is 0 Å². The van der Waals surface area contributed by atoms with Crippen molar-refractivity contribution < 1.29 is 0 Å². The van der Waals surface area contributed by atoms with Crippen molar-refractivity contribution in [3.8, 4) is 0 Å². The number of likely N-dealkylation sites (tertiary alicyclic amines) is 1. The molecule has 0 aromatic heterocycles. The Morgan fingerprint density at radius 2 is 2.05 bits per heavy atom. The quantitative estimate of drug-likeness (QED) is 0.914. The van der Waals surface area contributed by atoms with Gasteiger partial charge in [0.25, 0.3) is 0 Å². The summed E-state index contributed by atoms with van der Waals surface area (Å²) in [4.78, 5) is 4.66. The first-order valence-electron chi connectivity index (χ1n) is 7.50. The molecule has 2 atom stereocenters. The predicted molar refractivity (Wildman–Crippen MR) is 84.3 cm³/mol. The van der Waals surface area contributed by atoms with E-state index in [1.165, 1.54) is 17.0 Å². The number of hydrogen-bond donors (Lipinski definition) is 1. The van der Waals surface area contributed by atoms with Crippen molar-refractivity contribution in [2.75, 3.05) is 38.6 Å². The number of piperidine rings is 1. The van der Waals surface area contributed by atoms with Crippen LogP contribution >= 0.6 is 0 Å². The van der Waals surface area contributed by atoms with E-state index in [-0.39, 0.29) is 0 Å². The van der Waals surface area contributed by atoms with Crippen molar-refractivity contribution in [1.82, 2.24) is 10.3 Å². The first-order valence-corrected chi connectivity index (χ1v) is 7.50. The molecule has 1 fully saturated rings. The highest BCUT2D eigenvalue weighted by Crippen LogP contribution is 2.32. The van der Waals surface area contributed by atoms with Gasteiger partial charge in [0.05, 0.1) is 6.04 Å². The van der Waals surface area contributed by atoms with E-state index in [0.29, 0.717) is 12.0 Å². The molecule has 1 N–H and O–H groups in total. The van der Waals surface area contributed by atoms with Gasteiger partial charge in [-0.1, -0.05) is 19.1 Å². The zero-order valence-corrected chi connectivity index (χ0v) is 12.6. The summed E-state index contributed by atoms with van der Waals surface area (Å²) in [5.41, 5.74) is 7.30. The van der Waals surface area contributed by atoms with Crippen molar-refractivity contribution >= 4 is 11.4 Å². The molecule has 1 aromatic rings. The van der Waals surface area contributed by atoms with Gasteiger partial charge in [0.2, 0.25) is 0 Å². The normalized spacial score (nSPS) is 25.9. The number of nitrogens with zero attached hydrogens (tertiary/aromatic N) is 3. The summed E-state index contributed by atoms with van der Waals surface area (Å²) in [6.45, 7) is 5.66. The fraction of sp³-hybridized carbons (Fsp3) is 0.562. The van der Waals surface area contributed by atoms with Gasteiger partial charge < -0.3 is 15.2 Å². The van der Waals surface area contributed by atoms with Crippen molar-refractivity contribution in [2.45, 2.75) is 19.4 Å². The van der Waals surface area contributed by atoms with Gasteiger partial charge in [-0.05, 0) is 24.2 Å². The summed E-state index contributed by atoms with van der Waals surface area (Å²) >= 11 is 0. The number of hydrazone groups is 1. The highest BCUT2D eigenvalue weighted by Gasteiger charge is 2.36. The Morgan fingerprint density at radius 3 is 2.70 bits per heavy atom. The number of fused-ring (bicyclic) bond motifs is 1. The summed E-state index contributed by atoms with van der Waals surface area (Å²) in [6.07, 6.45) is 1.11. The first kappa shape index (κ1) is 13.4. The standard InChI is InChI=1S/C16H24N4/c1-4-20-10-9-15-14(11-20)16(18-17-15)12-5-7-13(8-6-12)19(2)3/h5-8,14,16,18H,4,9-11H2,1-3H3. The van der Waals surface area contributed by atoms with Crippen LogP contribution in [0.1, 0.15) is 24.9 Å². The van der Waals surface area contributed by atoms with E-state index in [4.69, 9.17) is 0 Å². The number of nitrogens with one attached hydrogen (secondary N) is 1. The zero-order valence-electron chi connectivity index (χ0n) is 12.6.